The van der Waals surface area contributed by atoms with Gasteiger partial charge in [-0.15, -0.1) is 10.2 Å². The molecule has 0 aliphatic carbocycles. The summed E-state index contributed by atoms with van der Waals surface area (Å²) in [6, 6.07) is 20.5. The van der Waals surface area contributed by atoms with Gasteiger partial charge in [-0.3, -0.25) is 10.1 Å². The van der Waals surface area contributed by atoms with Gasteiger partial charge in [-0.1, -0.05) is 82.8 Å². The first-order chi connectivity index (χ1) is 13.6. The Balaban J connectivity index is 1.43. The van der Waals surface area contributed by atoms with E-state index in [4.69, 9.17) is 0 Å². The highest BCUT2D eigenvalue weighted by atomic mass is 32.2. The third-order valence-corrected chi connectivity index (χ3v) is 6.36. The van der Waals surface area contributed by atoms with Crippen molar-refractivity contribution in [2.75, 3.05) is 5.32 Å². The number of amides is 1. The predicted molar refractivity (Wildman–Crippen MR) is 117 cm³/mol. The lowest BCUT2D eigenvalue weighted by molar-refractivity contribution is 0.102. The number of aryl methyl sites for hydroxylation is 2. The van der Waals surface area contributed by atoms with Gasteiger partial charge in [-0.25, -0.2) is 0 Å². The van der Waals surface area contributed by atoms with Crippen molar-refractivity contribution in [3.63, 3.8) is 0 Å². The lowest BCUT2D eigenvalue weighted by Gasteiger charge is -2.05. The second-order valence-corrected chi connectivity index (χ2v) is 8.83. The molecule has 0 bridgehead atoms. The average molecular weight is 406 g/mol. The monoisotopic (exact) mass is 405 g/mol. The van der Waals surface area contributed by atoms with Crippen molar-refractivity contribution in [2.24, 2.45) is 0 Å². The number of fused-ring (bicyclic) bond motifs is 1. The van der Waals surface area contributed by atoms with E-state index in [1.807, 2.05) is 32.0 Å². The Hall–Kier alpha value is -2.70. The number of aromatic nitrogens is 2. The van der Waals surface area contributed by atoms with Gasteiger partial charge in [-0.05, 0) is 42.3 Å². The Morgan fingerprint density at radius 2 is 1.75 bits per heavy atom. The van der Waals surface area contributed by atoms with Crippen LogP contribution in [-0.4, -0.2) is 16.1 Å². The summed E-state index contributed by atoms with van der Waals surface area (Å²) in [5.74, 6) is 0.648. The molecule has 0 aliphatic rings. The Kier molecular flexibility index (Phi) is 5.41. The minimum atomic E-state index is -0.159. The standard InChI is InChI=1S/C22H19N3OS2/c1-14-10-15(2)12-18(11-14)20(26)23-21-24-25-22(28-21)27-13-17-8-5-7-16-6-3-4-9-19(16)17/h3-12H,13H2,1-2H3,(H,23,24,26). The van der Waals surface area contributed by atoms with Crippen molar-refractivity contribution in [3.05, 3.63) is 82.9 Å². The molecule has 1 aromatic heterocycles. The molecule has 0 aliphatic heterocycles. The minimum Gasteiger partial charge on any atom is -0.296 e. The predicted octanol–water partition coefficient (Wildman–Crippen LogP) is 5.85. The molecule has 140 valence electrons. The minimum absolute atomic E-state index is 0.159. The van der Waals surface area contributed by atoms with Crippen LogP contribution in [0.4, 0.5) is 5.13 Å². The van der Waals surface area contributed by atoms with E-state index in [9.17, 15) is 4.79 Å². The maximum absolute atomic E-state index is 12.5. The van der Waals surface area contributed by atoms with E-state index in [2.05, 4.69) is 58.0 Å². The summed E-state index contributed by atoms with van der Waals surface area (Å²) in [6.45, 7) is 3.97. The van der Waals surface area contributed by atoms with Gasteiger partial charge in [0.15, 0.2) is 4.34 Å². The number of anilines is 1. The van der Waals surface area contributed by atoms with Crippen LogP contribution in [0, 0.1) is 13.8 Å². The van der Waals surface area contributed by atoms with Crippen molar-refractivity contribution < 1.29 is 4.79 Å². The molecule has 4 nitrogen and oxygen atoms in total. The molecule has 4 aromatic rings. The van der Waals surface area contributed by atoms with Crippen LogP contribution >= 0.6 is 23.1 Å². The Morgan fingerprint density at radius 3 is 2.57 bits per heavy atom. The zero-order valence-electron chi connectivity index (χ0n) is 15.6. The molecular formula is C22H19N3OS2. The van der Waals surface area contributed by atoms with Crippen LogP contribution in [0.25, 0.3) is 10.8 Å². The summed E-state index contributed by atoms with van der Waals surface area (Å²) in [5.41, 5.74) is 4.03. The second kappa shape index (κ2) is 8.12. The number of nitrogens with zero attached hydrogens (tertiary/aromatic N) is 2. The van der Waals surface area contributed by atoms with E-state index in [0.29, 0.717) is 10.7 Å². The summed E-state index contributed by atoms with van der Waals surface area (Å²) in [7, 11) is 0. The number of carbonyl (C=O) groups excluding carboxylic acids is 1. The number of carbonyl (C=O) groups is 1. The molecule has 4 rings (SSSR count). The van der Waals surface area contributed by atoms with Crippen LogP contribution in [0.2, 0.25) is 0 Å². The number of benzene rings is 3. The third-order valence-electron chi connectivity index (χ3n) is 4.34. The largest absolute Gasteiger partial charge is 0.296 e. The first-order valence-electron chi connectivity index (χ1n) is 8.91. The Morgan fingerprint density at radius 1 is 1.00 bits per heavy atom. The van der Waals surface area contributed by atoms with Crippen LogP contribution < -0.4 is 5.32 Å². The van der Waals surface area contributed by atoms with Crippen molar-refractivity contribution >= 4 is 44.9 Å². The van der Waals surface area contributed by atoms with Gasteiger partial charge in [0.05, 0.1) is 0 Å². The summed E-state index contributed by atoms with van der Waals surface area (Å²) in [4.78, 5) is 12.5. The zero-order valence-corrected chi connectivity index (χ0v) is 17.2. The maximum atomic E-state index is 12.5. The molecular weight excluding hydrogens is 386 g/mol. The molecule has 1 amide bonds. The van der Waals surface area contributed by atoms with Crippen LogP contribution in [0.15, 0.2) is 65.0 Å². The molecule has 6 heteroatoms. The van der Waals surface area contributed by atoms with E-state index in [-0.39, 0.29) is 5.91 Å². The normalized spacial score (nSPS) is 10.9. The Labute approximate surface area is 172 Å². The highest BCUT2D eigenvalue weighted by Crippen LogP contribution is 2.31. The fourth-order valence-corrected chi connectivity index (χ4v) is 4.90. The van der Waals surface area contributed by atoms with Crippen LogP contribution in [0.3, 0.4) is 0 Å². The number of rotatable bonds is 5. The van der Waals surface area contributed by atoms with Gasteiger partial charge in [-0.2, -0.15) is 0 Å². The lowest BCUT2D eigenvalue weighted by Crippen LogP contribution is -2.12. The summed E-state index contributed by atoms with van der Waals surface area (Å²) in [5, 5.41) is 14.2. The second-order valence-electron chi connectivity index (χ2n) is 6.63. The summed E-state index contributed by atoms with van der Waals surface area (Å²) >= 11 is 3.03. The van der Waals surface area contributed by atoms with Crippen LogP contribution in [0.5, 0.6) is 0 Å². The molecule has 0 spiro atoms. The molecule has 0 radical (unpaired) electrons. The molecule has 28 heavy (non-hydrogen) atoms. The molecule has 0 saturated carbocycles. The molecule has 3 aromatic carbocycles. The zero-order chi connectivity index (χ0) is 19.5. The van der Waals surface area contributed by atoms with E-state index >= 15 is 0 Å². The van der Waals surface area contributed by atoms with Crippen LogP contribution in [-0.2, 0) is 5.75 Å². The number of nitrogens with one attached hydrogen (secondary N) is 1. The molecule has 0 unspecified atom stereocenters. The molecule has 0 saturated heterocycles. The van der Waals surface area contributed by atoms with Gasteiger partial charge < -0.3 is 0 Å². The number of hydrogen-bond acceptors (Lipinski definition) is 5. The molecule has 0 fully saturated rings. The van der Waals surface area contributed by atoms with Crippen molar-refractivity contribution in [1.82, 2.24) is 10.2 Å². The van der Waals surface area contributed by atoms with E-state index in [0.717, 1.165) is 21.2 Å². The lowest BCUT2D eigenvalue weighted by atomic mass is 10.1. The highest BCUT2D eigenvalue weighted by Gasteiger charge is 2.12. The van der Waals surface area contributed by atoms with Crippen molar-refractivity contribution in [1.29, 1.82) is 0 Å². The topological polar surface area (TPSA) is 54.9 Å². The Bertz CT molecular complexity index is 1130. The van der Waals surface area contributed by atoms with Gasteiger partial charge in [0, 0.05) is 11.3 Å². The van der Waals surface area contributed by atoms with Crippen LogP contribution in [0.1, 0.15) is 27.0 Å². The fraction of sp³-hybridized carbons (Fsp3) is 0.136. The van der Waals surface area contributed by atoms with E-state index in [1.165, 1.54) is 27.7 Å². The SMILES string of the molecule is Cc1cc(C)cc(C(=O)Nc2nnc(SCc3cccc4ccccc34)s2)c1. The maximum Gasteiger partial charge on any atom is 0.257 e. The van der Waals surface area contributed by atoms with Gasteiger partial charge in [0.2, 0.25) is 5.13 Å². The first-order valence-corrected chi connectivity index (χ1v) is 10.7. The average Bonchev–Trinajstić information content (AvgIpc) is 3.13. The fourth-order valence-electron chi connectivity index (χ4n) is 3.15. The molecule has 1 heterocycles. The summed E-state index contributed by atoms with van der Waals surface area (Å²) < 4.78 is 0.837. The molecule has 0 atom stereocenters. The highest BCUT2D eigenvalue weighted by molar-refractivity contribution is 8.00. The smallest absolute Gasteiger partial charge is 0.257 e. The quantitative estimate of drug-likeness (QED) is 0.334. The first kappa shape index (κ1) is 18.7. The van der Waals surface area contributed by atoms with Gasteiger partial charge >= 0.3 is 0 Å². The third kappa shape index (κ3) is 4.24. The van der Waals surface area contributed by atoms with Gasteiger partial charge in [0.25, 0.3) is 5.91 Å². The van der Waals surface area contributed by atoms with E-state index in [1.54, 1.807) is 11.8 Å². The van der Waals surface area contributed by atoms with Gasteiger partial charge in [0.1, 0.15) is 0 Å². The number of hydrogen-bond donors (Lipinski definition) is 1. The molecule has 1 N–H and O–H groups in total. The summed E-state index contributed by atoms with van der Waals surface area (Å²) in [6.07, 6.45) is 0. The van der Waals surface area contributed by atoms with Crippen molar-refractivity contribution in [3.8, 4) is 0 Å². The number of thioether (sulfide) groups is 1. The van der Waals surface area contributed by atoms with Crippen molar-refractivity contribution in [2.45, 2.75) is 23.9 Å². The van der Waals surface area contributed by atoms with E-state index < -0.39 is 0 Å².